The molecule has 0 amide bonds. The van der Waals surface area contributed by atoms with Crippen LogP contribution in [-0.2, 0) is 0 Å². The summed E-state index contributed by atoms with van der Waals surface area (Å²) in [5.41, 5.74) is 11.7. The molecule has 0 N–H and O–H groups in total. The van der Waals surface area contributed by atoms with Crippen molar-refractivity contribution in [3.8, 4) is 67.3 Å². The molecular formula is C51H33N3. The molecule has 10 rings (SSSR count). The fraction of sp³-hybridized carbons (Fsp3) is 0. The van der Waals surface area contributed by atoms with E-state index in [1.54, 1.807) is 6.20 Å². The third-order valence-electron chi connectivity index (χ3n) is 10.3. The Bertz CT molecular complexity index is 2930. The lowest BCUT2D eigenvalue weighted by atomic mass is 9.88. The topological polar surface area (TPSA) is 38.7 Å². The highest BCUT2D eigenvalue weighted by Crippen LogP contribution is 2.43. The van der Waals surface area contributed by atoms with E-state index < -0.39 is 0 Å². The first-order chi connectivity index (χ1) is 26.8. The van der Waals surface area contributed by atoms with Crippen LogP contribution in [0.25, 0.3) is 99.6 Å². The van der Waals surface area contributed by atoms with Crippen molar-refractivity contribution in [2.24, 2.45) is 0 Å². The van der Waals surface area contributed by atoms with Gasteiger partial charge in [0.05, 0.1) is 11.4 Å². The molecule has 54 heavy (non-hydrogen) atoms. The van der Waals surface area contributed by atoms with Crippen LogP contribution in [0.15, 0.2) is 200 Å². The van der Waals surface area contributed by atoms with Gasteiger partial charge in [-0.2, -0.15) is 0 Å². The van der Waals surface area contributed by atoms with Crippen LogP contribution in [-0.4, -0.2) is 15.0 Å². The number of hydrogen-bond donors (Lipinski definition) is 0. The summed E-state index contributed by atoms with van der Waals surface area (Å²) >= 11 is 0. The third-order valence-corrected chi connectivity index (χ3v) is 10.3. The molecule has 0 fully saturated rings. The average Bonchev–Trinajstić information content (AvgIpc) is 3.26. The summed E-state index contributed by atoms with van der Waals surface area (Å²) in [5, 5.41) is 7.03. The van der Waals surface area contributed by atoms with Crippen molar-refractivity contribution in [3.05, 3.63) is 200 Å². The SMILES string of the molecule is c1ccc(-c2c3ccccc3c(-c3nc(-c4cccc(-c5cccnc5)c4)cc(-c4cccc(-c5ccc6ccccc6c5)c4)n3)c3ccccc23)cc1. The van der Waals surface area contributed by atoms with Crippen molar-refractivity contribution in [1.82, 2.24) is 15.0 Å². The number of fused-ring (bicyclic) bond motifs is 3. The fourth-order valence-corrected chi connectivity index (χ4v) is 7.76. The van der Waals surface area contributed by atoms with Crippen molar-refractivity contribution in [3.63, 3.8) is 0 Å². The zero-order valence-corrected chi connectivity index (χ0v) is 29.4. The van der Waals surface area contributed by atoms with Gasteiger partial charge in [0.1, 0.15) is 0 Å². The average molecular weight is 688 g/mol. The lowest BCUT2D eigenvalue weighted by Gasteiger charge is -2.18. The summed E-state index contributed by atoms with van der Waals surface area (Å²) in [4.78, 5) is 15.3. The molecule has 0 radical (unpaired) electrons. The largest absolute Gasteiger partial charge is 0.264 e. The fourth-order valence-electron chi connectivity index (χ4n) is 7.76. The molecule has 0 spiro atoms. The zero-order chi connectivity index (χ0) is 35.8. The lowest BCUT2D eigenvalue weighted by molar-refractivity contribution is 1.19. The number of nitrogens with zero attached hydrogens (tertiary/aromatic N) is 3. The molecule has 2 aromatic heterocycles. The van der Waals surface area contributed by atoms with Crippen LogP contribution < -0.4 is 0 Å². The molecule has 2 heterocycles. The molecule has 0 saturated carbocycles. The van der Waals surface area contributed by atoms with Crippen LogP contribution in [0.2, 0.25) is 0 Å². The van der Waals surface area contributed by atoms with E-state index in [9.17, 15) is 0 Å². The van der Waals surface area contributed by atoms with Gasteiger partial charge in [-0.3, -0.25) is 4.98 Å². The monoisotopic (exact) mass is 687 g/mol. The van der Waals surface area contributed by atoms with Gasteiger partial charge in [0, 0.05) is 34.6 Å². The zero-order valence-electron chi connectivity index (χ0n) is 29.4. The summed E-state index contributed by atoms with van der Waals surface area (Å²) in [6.45, 7) is 0. The highest BCUT2D eigenvalue weighted by atomic mass is 14.9. The van der Waals surface area contributed by atoms with Gasteiger partial charge in [0.15, 0.2) is 5.82 Å². The van der Waals surface area contributed by atoms with E-state index in [2.05, 4.69) is 187 Å². The Morgan fingerprint density at radius 1 is 0.296 bits per heavy atom. The molecule has 10 aromatic rings. The van der Waals surface area contributed by atoms with E-state index in [4.69, 9.17) is 9.97 Å². The van der Waals surface area contributed by atoms with Gasteiger partial charge in [-0.25, -0.2) is 9.97 Å². The minimum Gasteiger partial charge on any atom is -0.264 e. The van der Waals surface area contributed by atoms with Gasteiger partial charge >= 0.3 is 0 Å². The Morgan fingerprint density at radius 2 is 0.796 bits per heavy atom. The third kappa shape index (κ3) is 5.69. The van der Waals surface area contributed by atoms with Gasteiger partial charge in [-0.1, -0.05) is 158 Å². The Balaban J connectivity index is 1.22. The smallest absolute Gasteiger partial charge is 0.161 e. The van der Waals surface area contributed by atoms with Crippen LogP contribution in [0.1, 0.15) is 0 Å². The second kappa shape index (κ2) is 13.4. The van der Waals surface area contributed by atoms with E-state index in [1.807, 2.05) is 12.3 Å². The number of hydrogen-bond acceptors (Lipinski definition) is 3. The van der Waals surface area contributed by atoms with Gasteiger partial charge < -0.3 is 0 Å². The maximum Gasteiger partial charge on any atom is 0.161 e. The second-order valence-corrected chi connectivity index (χ2v) is 13.6. The van der Waals surface area contributed by atoms with Crippen molar-refractivity contribution >= 4 is 32.3 Å². The van der Waals surface area contributed by atoms with Crippen molar-refractivity contribution in [2.45, 2.75) is 0 Å². The molecule has 0 atom stereocenters. The normalized spacial score (nSPS) is 11.3. The molecule has 0 unspecified atom stereocenters. The maximum absolute atomic E-state index is 5.45. The second-order valence-electron chi connectivity index (χ2n) is 13.6. The number of benzene rings is 8. The molecule has 3 heteroatoms. The number of rotatable bonds is 6. The summed E-state index contributed by atoms with van der Waals surface area (Å²) in [6, 6.07) is 66.7. The Hall–Kier alpha value is -7.23. The standard InChI is InChI=1S/C51H33N3/c1-2-14-35(15-3-1)49-43-22-6-8-24-45(43)50(46-25-9-7-23-44(46)49)51-53-47(32-48(54-51)41-20-11-18-38(31-41)42-21-12-28-52-33-42)40-19-10-17-37(30-40)39-27-26-34-13-4-5-16-36(34)29-39/h1-33H. The first-order valence-electron chi connectivity index (χ1n) is 18.3. The lowest BCUT2D eigenvalue weighted by Crippen LogP contribution is -1.99. The van der Waals surface area contributed by atoms with Crippen LogP contribution in [0, 0.1) is 0 Å². The van der Waals surface area contributed by atoms with Gasteiger partial charge in [0.25, 0.3) is 0 Å². The van der Waals surface area contributed by atoms with Crippen molar-refractivity contribution < 1.29 is 0 Å². The van der Waals surface area contributed by atoms with Crippen molar-refractivity contribution in [2.75, 3.05) is 0 Å². The highest BCUT2D eigenvalue weighted by Gasteiger charge is 2.20. The minimum atomic E-state index is 0.692. The predicted octanol–water partition coefficient (Wildman–Crippen LogP) is 13.3. The van der Waals surface area contributed by atoms with Crippen LogP contribution in [0.3, 0.4) is 0 Å². The maximum atomic E-state index is 5.45. The summed E-state index contributed by atoms with van der Waals surface area (Å²) in [7, 11) is 0. The molecule has 252 valence electrons. The van der Waals surface area contributed by atoms with E-state index in [0.717, 1.165) is 55.5 Å². The van der Waals surface area contributed by atoms with Crippen molar-refractivity contribution in [1.29, 1.82) is 0 Å². The highest BCUT2D eigenvalue weighted by molar-refractivity contribution is 6.20. The van der Waals surface area contributed by atoms with Crippen LogP contribution in [0.5, 0.6) is 0 Å². The molecule has 8 aromatic carbocycles. The summed E-state index contributed by atoms with van der Waals surface area (Å²) < 4.78 is 0. The number of aromatic nitrogens is 3. The molecule has 0 saturated heterocycles. The van der Waals surface area contributed by atoms with E-state index in [0.29, 0.717) is 5.82 Å². The number of pyridine rings is 1. The molecular weight excluding hydrogens is 655 g/mol. The quantitative estimate of drug-likeness (QED) is 0.163. The van der Waals surface area contributed by atoms with Crippen LogP contribution in [0.4, 0.5) is 0 Å². The van der Waals surface area contributed by atoms with E-state index in [1.165, 1.54) is 38.2 Å². The van der Waals surface area contributed by atoms with Gasteiger partial charge in [-0.15, -0.1) is 0 Å². The molecule has 0 aliphatic carbocycles. The van der Waals surface area contributed by atoms with Gasteiger partial charge in [-0.05, 0) is 90.5 Å². The predicted molar refractivity (Wildman–Crippen MR) is 225 cm³/mol. The summed E-state index contributed by atoms with van der Waals surface area (Å²) in [6.07, 6.45) is 3.71. The summed E-state index contributed by atoms with van der Waals surface area (Å²) in [5.74, 6) is 0.692. The molecule has 0 aliphatic rings. The first kappa shape index (κ1) is 31.5. The minimum absolute atomic E-state index is 0.692. The Morgan fingerprint density at radius 3 is 1.43 bits per heavy atom. The van der Waals surface area contributed by atoms with Crippen LogP contribution >= 0.6 is 0 Å². The first-order valence-corrected chi connectivity index (χ1v) is 18.3. The molecule has 3 nitrogen and oxygen atoms in total. The molecule has 0 aliphatic heterocycles. The molecule has 0 bridgehead atoms. The van der Waals surface area contributed by atoms with E-state index in [-0.39, 0.29) is 0 Å². The Labute approximate surface area is 313 Å². The van der Waals surface area contributed by atoms with Gasteiger partial charge in [0.2, 0.25) is 0 Å². The Kier molecular flexibility index (Phi) is 7.81. The van der Waals surface area contributed by atoms with E-state index >= 15 is 0 Å².